The number of nitrogens with one attached hydrogen (secondary N) is 1. The Labute approximate surface area is 139 Å². The van der Waals surface area contributed by atoms with Gasteiger partial charge < -0.3 is 10.2 Å². The maximum atomic E-state index is 13.1. The average Bonchev–Trinajstić information content (AvgIpc) is 2.49. The lowest BCUT2D eigenvalue weighted by atomic mass is 10.1. The Morgan fingerprint density at radius 2 is 1.77 bits per heavy atom. The van der Waals surface area contributed by atoms with Gasteiger partial charge in [0.15, 0.2) is 0 Å². The first-order valence-electron chi connectivity index (χ1n) is 6.75. The third-order valence-electron chi connectivity index (χ3n) is 3.15. The van der Waals surface area contributed by atoms with E-state index in [2.05, 4.69) is 5.32 Å². The molecule has 0 saturated carbocycles. The minimum absolute atomic E-state index is 0.0269. The van der Waals surface area contributed by atoms with Gasteiger partial charge >= 0.3 is 0 Å². The monoisotopic (exact) mass is 344 g/mol. The molecule has 1 aromatic carbocycles. The smallest absolute Gasteiger partial charge is 0.232 e. The van der Waals surface area contributed by atoms with E-state index in [-0.39, 0.29) is 23.7 Å². The largest absolute Gasteiger partial charge is 0.353 e. The molecular formula is C15H21FN2O2S2. The topological polar surface area (TPSA) is 49.4 Å². The van der Waals surface area contributed by atoms with Crippen LogP contribution >= 0.6 is 23.5 Å². The Kier molecular flexibility index (Phi) is 8.34. The molecule has 4 nitrogen and oxygen atoms in total. The molecular weight excluding hydrogens is 323 g/mol. The zero-order chi connectivity index (χ0) is 16.5. The number of hydrogen-bond acceptors (Lipinski definition) is 4. The van der Waals surface area contributed by atoms with Gasteiger partial charge in [-0.1, -0.05) is 12.1 Å². The molecule has 0 fully saturated rings. The summed E-state index contributed by atoms with van der Waals surface area (Å²) in [7, 11) is 1.70. The molecule has 1 aromatic rings. The molecule has 0 spiro atoms. The van der Waals surface area contributed by atoms with E-state index in [4.69, 9.17) is 0 Å². The first-order valence-corrected chi connectivity index (χ1v) is 9.54. The van der Waals surface area contributed by atoms with Crippen LogP contribution < -0.4 is 5.32 Å². The molecule has 0 aliphatic carbocycles. The van der Waals surface area contributed by atoms with Crippen molar-refractivity contribution in [1.29, 1.82) is 0 Å². The van der Waals surface area contributed by atoms with Crippen LogP contribution in [-0.4, -0.2) is 54.3 Å². The number of thioether (sulfide) groups is 2. The van der Waals surface area contributed by atoms with Crippen LogP contribution in [0.5, 0.6) is 0 Å². The molecule has 122 valence electrons. The van der Waals surface area contributed by atoms with Crippen molar-refractivity contribution in [2.24, 2.45) is 0 Å². The zero-order valence-corrected chi connectivity index (χ0v) is 14.6. The Bertz CT molecular complexity index is 497. The number of likely N-dealkylation sites (N-methyl/N-ethyl adjacent to an activating group) is 1. The predicted octanol–water partition coefficient (Wildman–Crippen LogP) is 2.17. The number of nitrogens with zero attached hydrogens (tertiary/aromatic N) is 1. The van der Waals surface area contributed by atoms with E-state index >= 15 is 0 Å². The zero-order valence-electron chi connectivity index (χ0n) is 13.0. The Hall–Kier alpha value is -1.21. The van der Waals surface area contributed by atoms with Crippen molar-refractivity contribution in [3.63, 3.8) is 0 Å². The molecule has 0 aromatic heterocycles. The maximum absolute atomic E-state index is 13.1. The van der Waals surface area contributed by atoms with Gasteiger partial charge in [-0.15, -0.1) is 0 Å². The van der Waals surface area contributed by atoms with Crippen LogP contribution in [-0.2, 0) is 9.59 Å². The Balaban J connectivity index is 2.86. The van der Waals surface area contributed by atoms with Crippen LogP contribution in [0.3, 0.4) is 0 Å². The van der Waals surface area contributed by atoms with Crippen LogP contribution in [0.4, 0.5) is 4.39 Å². The first-order chi connectivity index (χ1) is 10.5. The lowest BCUT2D eigenvalue weighted by Gasteiger charge is -2.29. The minimum atomic E-state index is -0.327. The van der Waals surface area contributed by atoms with Gasteiger partial charge in [0.05, 0.1) is 17.5 Å². The molecule has 0 bridgehead atoms. The van der Waals surface area contributed by atoms with Crippen LogP contribution in [0, 0.1) is 5.82 Å². The fourth-order valence-electron chi connectivity index (χ4n) is 1.96. The molecule has 22 heavy (non-hydrogen) atoms. The molecule has 0 radical (unpaired) electrons. The van der Waals surface area contributed by atoms with Crippen molar-refractivity contribution in [3.05, 3.63) is 35.6 Å². The fourth-order valence-corrected chi connectivity index (χ4v) is 2.77. The molecule has 1 atom stereocenters. The highest BCUT2D eigenvalue weighted by Crippen LogP contribution is 2.20. The number of hydrogen-bond donors (Lipinski definition) is 1. The summed E-state index contributed by atoms with van der Waals surface area (Å²) in [5.41, 5.74) is 0.794. The number of benzene rings is 1. The summed E-state index contributed by atoms with van der Waals surface area (Å²) in [5, 5.41) is 2.82. The lowest BCUT2D eigenvalue weighted by molar-refractivity contribution is -0.130. The van der Waals surface area contributed by atoms with Crippen molar-refractivity contribution < 1.29 is 14.0 Å². The fraction of sp³-hybridized carbons (Fsp3) is 0.467. The molecule has 2 amide bonds. The van der Waals surface area contributed by atoms with Gasteiger partial charge in [-0.2, -0.15) is 23.5 Å². The van der Waals surface area contributed by atoms with Gasteiger partial charge in [0.2, 0.25) is 11.8 Å². The van der Waals surface area contributed by atoms with Gasteiger partial charge in [0.25, 0.3) is 0 Å². The molecule has 1 N–H and O–H groups in total. The summed E-state index contributed by atoms with van der Waals surface area (Å²) in [6.45, 7) is 0.307. The summed E-state index contributed by atoms with van der Waals surface area (Å²) in [5.74, 6) is 0.309. The highest BCUT2D eigenvalue weighted by atomic mass is 32.2. The first kappa shape index (κ1) is 18.8. The van der Waals surface area contributed by atoms with E-state index in [0.29, 0.717) is 18.1 Å². The second-order valence-electron chi connectivity index (χ2n) is 4.74. The minimum Gasteiger partial charge on any atom is -0.353 e. The highest BCUT2D eigenvalue weighted by molar-refractivity contribution is 7.99. The van der Waals surface area contributed by atoms with Gasteiger partial charge in [-0.05, 0) is 30.2 Å². The number of halogens is 1. The van der Waals surface area contributed by atoms with Crippen molar-refractivity contribution in [3.8, 4) is 0 Å². The van der Waals surface area contributed by atoms with Gasteiger partial charge in [0.1, 0.15) is 5.82 Å². The van der Waals surface area contributed by atoms with Crippen LogP contribution in [0.25, 0.3) is 0 Å². The third kappa shape index (κ3) is 5.88. The maximum Gasteiger partial charge on any atom is 0.232 e. The quantitative estimate of drug-likeness (QED) is 0.785. The molecule has 0 heterocycles. The second-order valence-corrected chi connectivity index (χ2v) is 6.47. The number of carbonyl (C=O) groups excluding carboxylic acids is 2. The average molecular weight is 344 g/mol. The Morgan fingerprint density at radius 1 is 1.18 bits per heavy atom. The van der Waals surface area contributed by atoms with Crippen molar-refractivity contribution in [2.45, 2.75) is 6.04 Å². The second kappa shape index (κ2) is 9.74. The number of rotatable bonds is 8. The highest BCUT2D eigenvalue weighted by Gasteiger charge is 2.22. The summed E-state index contributed by atoms with van der Waals surface area (Å²) in [4.78, 5) is 25.4. The molecule has 0 saturated heterocycles. The third-order valence-corrected chi connectivity index (χ3v) is 4.24. The van der Waals surface area contributed by atoms with E-state index in [1.807, 2.05) is 12.5 Å². The summed E-state index contributed by atoms with van der Waals surface area (Å²) in [6, 6.07) is 5.69. The standard InChI is InChI=1S/C15H21FN2O2S2/c1-18(15(20)10-22-3)13(8-17-14(19)9-21-2)11-4-6-12(16)7-5-11/h4-7,13H,8-10H2,1-3H3,(H,17,19)/t13-/m1/s1. The van der Waals surface area contributed by atoms with E-state index in [0.717, 1.165) is 5.56 Å². The number of carbonyl (C=O) groups is 2. The predicted molar refractivity (Wildman–Crippen MR) is 91.7 cm³/mol. The van der Waals surface area contributed by atoms with Crippen LogP contribution in [0.2, 0.25) is 0 Å². The normalized spacial score (nSPS) is 11.8. The molecule has 1 rings (SSSR count). The van der Waals surface area contributed by atoms with E-state index in [1.165, 1.54) is 35.7 Å². The summed E-state index contributed by atoms with van der Waals surface area (Å²) >= 11 is 2.88. The van der Waals surface area contributed by atoms with E-state index < -0.39 is 0 Å². The molecule has 0 aliphatic rings. The van der Waals surface area contributed by atoms with Crippen molar-refractivity contribution in [1.82, 2.24) is 10.2 Å². The van der Waals surface area contributed by atoms with Crippen molar-refractivity contribution in [2.75, 3.05) is 37.6 Å². The van der Waals surface area contributed by atoms with E-state index in [1.54, 1.807) is 24.1 Å². The summed E-state index contributed by atoms with van der Waals surface area (Å²) in [6.07, 6.45) is 3.71. The summed E-state index contributed by atoms with van der Waals surface area (Å²) < 4.78 is 13.1. The van der Waals surface area contributed by atoms with Gasteiger partial charge in [-0.3, -0.25) is 9.59 Å². The van der Waals surface area contributed by atoms with Crippen molar-refractivity contribution >= 4 is 35.3 Å². The van der Waals surface area contributed by atoms with Crippen LogP contribution in [0.1, 0.15) is 11.6 Å². The van der Waals surface area contributed by atoms with Gasteiger partial charge in [-0.25, -0.2) is 4.39 Å². The lowest BCUT2D eigenvalue weighted by Crippen LogP contribution is -2.40. The Morgan fingerprint density at radius 3 is 2.32 bits per heavy atom. The van der Waals surface area contributed by atoms with Crippen LogP contribution in [0.15, 0.2) is 24.3 Å². The molecule has 0 aliphatic heterocycles. The van der Waals surface area contributed by atoms with E-state index in [9.17, 15) is 14.0 Å². The number of amides is 2. The molecule has 7 heteroatoms. The van der Waals surface area contributed by atoms with Gasteiger partial charge in [0, 0.05) is 13.6 Å². The SMILES string of the molecule is CSCC(=O)NC[C@H](c1ccc(F)cc1)N(C)C(=O)CSC. The molecule has 0 unspecified atom stereocenters.